The van der Waals surface area contributed by atoms with Gasteiger partial charge in [0.2, 0.25) is 0 Å². The fraction of sp³-hybridized carbons (Fsp3) is 0.0769. The molecule has 174 valence electrons. The molecule has 0 aliphatic carbocycles. The van der Waals surface area contributed by atoms with Gasteiger partial charge in [0.05, 0.1) is 22.6 Å². The van der Waals surface area contributed by atoms with Crippen LogP contribution < -0.4 is 5.43 Å². The number of benzene rings is 3. The summed E-state index contributed by atoms with van der Waals surface area (Å²) in [5.74, 6) is -0.668. The summed E-state index contributed by atoms with van der Waals surface area (Å²) >= 11 is 1.24. The summed E-state index contributed by atoms with van der Waals surface area (Å²) in [6.07, 6.45) is 1.59. The van der Waals surface area contributed by atoms with Crippen LogP contribution in [-0.2, 0) is 6.54 Å². The van der Waals surface area contributed by atoms with E-state index in [1.54, 1.807) is 30.5 Å². The van der Waals surface area contributed by atoms with E-state index in [1.807, 2.05) is 41.8 Å². The fourth-order valence-electron chi connectivity index (χ4n) is 4.09. The molecule has 0 bridgehead atoms. The van der Waals surface area contributed by atoms with Gasteiger partial charge in [-0.3, -0.25) is 14.9 Å². The lowest BCUT2D eigenvalue weighted by Crippen LogP contribution is -2.16. The van der Waals surface area contributed by atoms with Gasteiger partial charge in [-0.05, 0) is 31.2 Å². The Morgan fingerprint density at radius 1 is 1.14 bits per heavy atom. The van der Waals surface area contributed by atoms with Crippen molar-refractivity contribution in [2.24, 2.45) is 5.10 Å². The third kappa shape index (κ3) is 4.29. The van der Waals surface area contributed by atoms with Crippen LogP contribution >= 0.6 is 11.3 Å². The summed E-state index contributed by atoms with van der Waals surface area (Å²) in [6, 6.07) is 20.6. The number of thiophene rings is 1. The van der Waals surface area contributed by atoms with E-state index in [4.69, 9.17) is 0 Å². The second-order valence-electron chi connectivity index (χ2n) is 7.98. The number of nitro benzene ring substituents is 1. The minimum atomic E-state index is -0.466. The van der Waals surface area contributed by atoms with Gasteiger partial charge in [-0.25, -0.2) is 9.82 Å². The molecule has 0 unspecified atom stereocenters. The maximum Gasteiger partial charge on any atom is 0.281 e. The molecular formula is C26H19FN4O3S. The number of hydrazone groups is 1. The van der Waals surface area contributed by atoms with Gasteiger partial charge in [-0.2, -0.15) is 5.10 Å². The molecule has 0 aliphatic rings. The Balaban J connectivity index is 1.41. The highest BCUT2D eigenvalue weighted by atomic mass is 32.1. The highest BCUT2D eigenvalue weighted by Gasteiger charge is 2.15. The molecule has 2 heterocycles. The number of nitrogens with one attached hydrogen (secondary N) is 1. The maximum atomic E-state index is 14.3. The van der Waals surface area contributed by atoms with Gasteiger partial charge in [0.15, 0.2) is 0 Å². The van der Waals surface area contributed by atoms with E-state index in [2.05, 4.69) is 10.5 Å². The van der Waals surface area contributed by atoms with Crippen molar-refractivity contribution in [1.82, 2.24) is 9.99 Å². The van der Waals surface area contributed by atoms with Crippen LogP contribution in [0.25, 0.3) is 21.0 Å². The first-order valence-electron chi connectivity index (χ1n) is 10.7. The monoisotopic (exact) mass is 486 g/mol. The van der Waals surface area contributed by atoms with Crippen LogP contribution in [-0.4, -0.2) is 21.6 Å². The molecule has 0 fully saturated rings. The van der Waals surface area contributed by atoms with E-state index in [0.29, 0.717) is 22.4 Å². The Morgan fingerprint density at radius 3 is 2.71 bits per heavy atom. The van der Waals surface area contributed by atoms with E-state index in [-0.39, 0.29) is 11.5 Å². The zero-order valence-electron chi connectivity index (χ0n) is 18.6. The quantitative estimate of drug-likeness (QED) is 0.181. The molecule has 7 nitrogen and oxygen atoms in total. The molecule has 2 aromatic heterocycles. The van der Waals surface area contributed by atoms with Crippen LogP contribution in [0.3, 0.4) is 0 Å². The second kappa shape index (κ2) is 9.11. The number of fused-ring (bicyclic) bond motifs is 2. The third-order valence-corrected chi connectivity index (χ3v) is 6.98. The van der Waals surface area contributed by atoms with E-state index in [9.17, 15) is 19.3 Å². The van der Waals surface area contributed by atoms with Crippen molar-refractivity contribution < 1.29 is 14.1 Å². The first kappa shape index (κ1) is 22.4. The van der Waals surface area contributed by atoms with Gasteiger partial charge < -0.3 is 4.57 Å². The van der Waals surface area contributed by atoms with Crippen LogP contribution in [0, 0.1) is 22.9 Å². The normalized spacial score (nSPS) is 11.5. The van der Waals surface area contributed by atoms with Crippen molar-refractivity contribution in [3.63, 3.8) is 0 Å². The predicted octanol–water partition coefficient (Wildman–Crippen LogP) is 6.02. The lowest BCUT2D eigenvalue weighted by atomic mass is 10.1. The molecule has 1 amide bonds. The van der Waals surface area contributed by atoms with E-state index >= 15 is 0 Å². The van der Waals surface area contributed by atoms with Crippen LogP contribution in [0.4, 0.5) is 10.1 Å². The lowest BCUT2D eigenvalue weighted by Gasteiger charge is -2.09. The van der Waals surface area contributed by atoms with Crippen molar-refractivity contribution in [2.75, 3.05) is 0 Å². The number of carbonyl (C=O) groups is 1. The fourth-order valence-corrected chi connectivity index (χ4v) is 5.02. The van der Waals surface area contributed by atoms with Gasteiger partial charge >= 0.3 is 0 Å². The van der Waals surface area contributed by atoms with E-state index < -0.39 is 10.8 Å². The molecule has 0 atom stereocenters. The Hall–Kier alpha value is -4.37. The Morgan fingerprint density at radius 2 is 1.91 bits per heavy atom. The zero-order chi connectivity index (χ0) is 24.5. The number of hydrogen-bond donors (Lipinski definition) is 1. The lowest BCUT2D eigenvalue weighted by molar-refractivity contribution is -0.384. The topological polar surface area (TPSA) is 89.5 Å². The molecule has 3 aromatic carbocycles. The minimum Gasteiger partial charge on any atom is -0.340 e. The summed E-state index contributed by atoms with van der Waals surface area (Å²) in [7, 11) is 0. The number of hydrogen-bond acceptors (Lipinski definition) is 5. The molecular weight excluding hydrogens is 467 g/mol. The summed E-state index contributed by atoms with van der Waals surface area (Å²) in [5.41, 5.74) is 5.75. The van der Waals surface area contributed by atoms with Crippen LogP contribution in [0.1, 0.15) is 26.5 Å². The van der Waals surface area contributed by atoms with Crippen LogP contribution in [0.2, 0.25) is 0 Å². The van der Waals surface area contributed by atoms with E-state index in [1.165, 1.54) is 29.5 Å². The van der Waals surface area contributed by atoms with Gasteiger partial charge in [-0.15, -0.1) is 11.3 Å². The molecule has 0 saturated carbocycles. The molecule has 5 rings (SSSR count). The van der Waals surface area contributed by atoms with Gasteiger partial charge in [0.25, 0.3) is 11.6 Å². The third-order valence-electron chi connectivity index (χ3n) is 5.86. The second-order valence-corrected chi connectivity index (χ2v) is 9.07. The maximum absolute atomic E-state index is 14.3. The molecule has 0 spiro atoms. The van der Waals surface area contributed by atoms with Crippen molar-refractivity contribution in [3.05, 3.63) is 110 Å². The van der Waals surface area contributed by atoms with Gasteiger partial charge in [0, 0.05) is 49.9 Å². The van der Waals surface area contributed by atoms with Crippen molar-refractivity contribution in [2.45, 2.75) is 13.5 Å². The first-order chi connectivity index (χ1) is 16.9. The molecule has 9 heteroatoms. The number of nitrogens with zero attached hydrogens (tertiary/aromatic N) is 3. The first-order valence-corrected chi connectivity index (χ1v) is 11.6. The molecule has 0 saturated heterocycles. The SMILES string of the molecule is Cc1c(C=NNC(=O)c2cc3cc([N+](=O)[O-])ccc3s2)c2ccccc2n1Cc1ccccc1F. The number of para-hydroxylation sites is 1. The Kier molecular flexibility index (Phi) is 5.84. The summed E-state index contributed by atoms with van der Waals surface area (Å²) in [5, 5.41) is 16.7. The van der Waals surface area contributed by atoms with Gasteiger partial charge in [-0.1, -0.05) is 36.4 Å². The zero-order valence-corrected chi connectivity index (χ0v) is 19.4. The average Bonchev–Trinajstić information content (AvgIpc) is 3.40. The number of nitro groups is 1. The van der Waals surface area contributed by atoms with E-state index in [0.717, 1.165) is 26.9 Å². The number of carbonyl (C=O) groups excluding carboxylic acids is 1. The number of halogens is 1. The van der Waals surface area contributed by atoms with Crippen molar-refractivity contribution in [3.8, 4) is 0 Å². The van der Waals surface area contributed by atoms with Crippen molar-refractivity contribution in [1.29, 1.82) is 0 Å². The number of rotatable bonds is 6. The van der Waals surface area contributed by atoms with Crippen molar-refractivity contribution >= 4 is 50.1 Å². The molecule has 0 aliphatic heterocycles. The summed E-state index contributed by atoms with van der Waals surface area (Å²) in [4.78, 5) is 23.6. The number of amides is 1. The molecule has 1 N–H and O–H groups in total. The standard InChI is InChI=1S/C26H19FN4O3S/c1-16-21(20-7-3-5-9-23(20)30(16)15-17-6-2-4-8-22(17)27)14-28-29-26(32)25-13-18-12-19(31(33)34)10-11-24(18)35-25/h2-14H,15H2,1H3,(H,29,32). The largest absolute Gasteiger partial charge is 0.340 e. The molecule has 35 heavy (non-hydrogen) atoms. The smallest absolute Gasteiger partial charge is 0.281 e. The molecule has 0 radical (unpaired) electrons. The average molecular weight is 487 g/mol. The summed E-state index contributed by atoms with van der Waals surface area (Å²) in [6.45, 7) is 2.30. The predicted molar refractivity (Wildman–Crippen MR) is 136 cm³/mol. The Bertz CT molecular complexity index is 1640. The number of aromatic nitrogens is 1. The highest BCUT2D eigenvalue weighted by Crippen LogP contribution is 2.29. The summed E-state index contributed by atoms with van der Waals surface area (Å²) < 4.78 is 17.1. The highest BCUT2D eigenvalue weighted by molar-refractivity contribution is 7.20. The number of non-ortho nitro benzene ring substituents is 1. The Labute approximate surface area is 203 Å². The van der Waals surface area contributed by atoms with Crippen LogP contribution in [0.5, 0.6) is 0 Å². The van der Waals surface area contributed by atoms with Gasteiger partial charge in [0.1, 0.15) is 5.82 Å². The molecule has 5 aromatic rings. The van der Waals surface area contributed by atoms with Crippen LogP contribution in [0.15, 0.2) is 77.9 Å². The minimum absolute atomic E-state index is 0.0254.